The van der Waals surface area contributed by atoms with E-state index >= 15 is 0 Å². The first-order valence-corrected chi connectivity index (χ1v) is 23.9. The Morgan fingerprint density at radius 3 is 1.40 bits per heavy atom. The highest BCUT2D eigenvalue weighted by Crippen LogP contribution is 2.62. The number of thiophene rings is 2. The number of aromatic nitrogens is 2. The molecule has 11 heteroatoms. The number of benzene rings is 3. The summed E-state index contributed by atoms with van der Waals surface area (Å²) in [5.41, 5.74) is 6.05. The van der Waals surface area contributed by atoms with Crippen LogP contribution in [0, 0.1) is 34.5 Å². The van der Waals surface area contributed by atoms with E-state index in [9.17, 15) is 10.5 Å². The van der Waals surface area contributed by atoms with Crippen LogP contribution in [0.5, 0.6) is 11.5 Å². The summed E-state index contributed by atoms with van der Waals surface area (Å²) < 4.78 is 22.9. The van der Waals surface area contributed by atoms with Gasteiger partial charge < -0.3 is 9.47 Å². The fraction of sp³-hybridized carbons (Fsp3) is 0.348. The molecule has 0 N–H and O–H groups in total. The van der Waals surface area contributed by atoms with Crippen LogP contribution in [-0.4, -0.2) is 22.0 Å². The van der Waals surface area contributed by atoms with Crippen molar-refractivity contribution in [2.75, 3.05) is 13.2 Å². The highest BCUT2D eigenvalue weighted by Gasteiger charge is 2.33. The molecule has 3 aromatic heterocycles. The Labute approximate surface area is 357 Å². The Morgan fingerprint density at radius 2 is 1.02 bits per heavy atom. The van der Waals surface area contributed by atoms with Crippen LogP contribution < -0.4 is 9.47 Å². The second-order valence-electron chi connectivity index (χ2n) is 14.3. The van der Waals surface area contributed by atoms with Gasteiger partial charge in [-0.25, -0.2) is 0 Å². The molecule has 0 aliphatic carbocycles. The van der Waals surface area contributed by atoms with E-state index in [1.54, 1.807) is 22.7 Å². The lowest BCUT2D eigenvalue weighted by atomic mass is 10.0. The van der Waals surface area contributed by atoms with Gasteiger partial charge in [0.15, 0.2) is 0 Å². The van der Waals surface area contributed by atoms with Crippen molar-refractivity contribution in [3.05, 3.63) is 82.6 Å². The molecule has 0 bridgehead atoms. The number of nitrogens with zero attached hydrogens (tertiary/aromatic N) is 4. The van der Waals surface area contributed by atoms with Crippen LogP contribution >= 0.6 is 57.9 Å². The molecule has 6 nitrogen and oxygen atoms in total. The summed E-state index contributed by atoms with van der Waals surface area (Å²) in [5, 5.41) is 19.8. The Bertz CT molecular complexity index is 2250. The average molecular weight is 847 g/mol. The lowest BCUT2D eigenvalue weighted by Gasteiger charge is -2.15. The zero-order valence-electron chi connectivity index (χ0n) is 32.8. The smallest absolute Gasteiger partial charge is 0.150 e. The summed E-state index contributed by atoms with van der Waals surface area (Å²) in [5.74, 6) is 2.95. The summed E-state index contributed by atoms with van der Waals surface area (Å²) in [6.45, 7) is 10.5. The van der Waals surface area contributed by atoms with Gasteiger partial charge in [0, 0.05) is 40.4 Å². The van der Waals surface area contributed by atoms with Gasteiger partial charge in [-0.05, 0) is 109 Å². The number of fused-ring (bicyclic) bond motifs is 2. The van der Waals surface area contributed by atoms with E-state index in [-0.39, 0.29) is 5.57 Å². The predicted octanol–water partition coefficient (Wildman–Crippen LogP) is 15.1. The molecule has 3 aromatic carbocycles. The molecule has 1 aliphatic rings. The molecule has 0 radical (unpaired) electrons. The topological polar surface area (TPSA) is 91.8 Å². The van der Waals surface area contributed by atoms with Crippen LogP contribution in [0.3, 0.4) is 0 Å². The number of rotatable bonds is 18. The van der Waals surface area contributed by atoms with Gasteiger partial charge in [0.05, 0.1) is 29.2 Å². The maximum atomic E-state index is 9.91. The first-order chi connectivity index (χ1) is 28.0. The van der Waals surface area contributed by atoms with E-state index in [0.29, 0.717) is 16.1 Å². The summed E-state index contributed by atoms with van der Waals surface area (Å²) >= 11 is 7.64. The molecule has 0 saturated carbocycles. The van der Waals surface area contributed by atoms with Gasteiger partial charge >= 0.3 is 0 Å². The SMILES string of the molecule is CCCCC(CC)COc1ccc(-c2ccc(-c3c4c(c(-c5ccc(-c6ccc(OCC(CC)CCCC)cc6)s5)c5nsnc35)SC(=C(C#N)C#N)S4)s2)cc1. The molecule has 6 aromatic rings. The van der Waals surface area contributed by atoms with Crippen molar-refractivity contribution >= 4 is 69.0 Å². The monoisotopic (exact) mass is 846 g/mol. The van der Waals surface area contributed by atoms with Gasteiger partial charge in [-0.2, -0.15) is 19.3 Å². The van der Waals surface area contributed by atoms with E-state index in [0.717, 1.165) is 100 Å². The van der Waals surface area contributed by atoms with Crippen molar-refractivity contribution in [2.24, 2.45) is 11.8 Å². The third-order valence-corrected chi connectivity index (χ3v) is 15.9. The van der Waals surface area contributed by atoms with E-state index in [2.05, 4.69) is 113 Å². The second kappa shape index (κ2) is 19.6. The molecular formula is C46H46N4O2S5. The number of allylic oxidation sites excluding steroid dienone is 1. The van der Waals surface area contributed by atoms with Crippen LogP contribution in [0.25, 0.3) is 52.8 Å². The zero-order chi connectivity index (χ0) is 39.7. The van der Waals surface area contributed by atoms with Gasteiger partial charge in [0.1, 0.15) is 40.2 Å². The van der Waals surface area contributed by atoms with Crippen molar-refractivity contribution in [1.29, 1.82) is 10.5 Å². The first-order valence-electron chi connectivity index (χ1n) is 19.9. The third kappa shape index (κ3) is 9.30. The van der Waals surface area contributed by atoms with Gasteiger partial charge in [0.25, 0.3) is 0 Å². The zero-order valence-corrected chi connectivity index (χ0v) is 36.9. The van der Waals surface area contributed by atoms with E-state index in [4.69, 9.17) is 18.2 Å². The fourth-order valence-corrected chi connectivity index (χ4v) is 12.4. The van der Waals surface area contributed by atoms with E-state index in [1.165, 1.54) is 73.8 Å². The van der Waals surface area contributed by atoms with E-state index in [1.807, 2.05) is 0 Å². The fourth-order valence-electron chi connectivity index (χ4n) is 6.95. The molecule has 0 fully saturated rings. The molecule has 0 saturated heterocycles. The minimum absolute atomic E-state index is 0.121. The number of unbranched alkanes of at least 4 members (excludes halogenated alkanes) is 2. The molecular weight excluding hydrogens is 801 g/mol. The van der Waals surface area contributed by atoms with Gasteiger partial charge in [-0.1, -0.05) is 89.7 Å². The summed E-state index contributed by atoms with van der Waals surface area (Å²) in [6, 6.07) is 29.7. The molecule has 57 heavy (non-hydrogen) atoms. The summed E-state index contributed by atoms with van der Waals surface area (Å²) in [4.78, 5) is 6.45. The maximum Gasteiger partial charge on any atom is 0.150 e. The van der Waals surface area contributed by atoms with Crippen LogP contribution in [0.1, 0.15) is 79.1 Å². The maximum absolute atomic E-state index is 9.91. The number of ether oxygens (including phenoxy) is 2. The molecule has 1 aliphatic heterocycles. The number of hydrogen-bond donors (Lipinski definition) is 0. The Morgan fingerprint density at radius 1 is 0.596 bits per heavy atom. The van der Waals surface area contributed by atoms with E-state index < -0.39 is 0 Å². The standard InChI is InChI=1S/C46H46N4O2S5/c1-5-9-11-29(7-3)27-51-34-17-13-31(14-18-34)36-21-23-38(53-36)40-42-43(50-57-49-42)41(45-44(40)55-46(56-45)33(25-47)26-48)39-24-22-37(54-39)32-15-19-35(20-16-32)52-28-30(8-4)12-10-6-2/h13-24,29-30H,5-12,27-28H2,1-4H3. The number of nitriles is 2. The highest BCUT2D eigenvalue weighted by atomic mass is 32.2. The predicted molar refractivity (Wildman–Crippen MR) is 242 cm³/mol. The second-order valence-corrected chi connectivity index (χ2v) is 19.3. The Kier molecular flexibility index (Phi) is 14.1. The van der Waals surface area contributed by atoms with Crippen LogP contribution in [0.15, 0.2) is 92.4 Å². The van der Waals surface area contributed by atoms with Crippen molar-refractivity contribution in [2.45, 2.75) is 88.9 Å². The summed E-state index contributed by atoms with van der Waals surface area (Å²) in [6.07, 6.45) is 9.56. The largest absolute Gasteiger partial charge is 0.493 e. The van der Waals surface area contributed by atoms with Gasteiger partial charge in [-0.15, -0.1) is 22.7 Å². The minimum Gasteiger partial charge on any atom is -0.493 e. The quantitative estimate of drug-likeness (QED) is 0.0790. The van der Waals surface area contributed by atoms with Crippen molar-refractivity contribution in [3.63, 3.8) is 0 Å². The Hall–Kier alpha value is -4.10. The van der Waals surface area contributed by atoms with Gasteiger partial charge in [0.2, 0.25) is 0 Å². The van der Waals surface area contributed by atoms with Gasteiger partial charge in [-0.3, -0.25) is 0 Å². The lowest BCUT2D eigenvalue weighted by molar-refractivity contribution is 0.233. The molecule has 2 unspecified atom stereocenters. The molecule has 7 rings (SSSR count). The summed E-state index contributed by atoms with van der Waals surface area (Å²) in [7, 11) is 0. The van der Waals surface area contributed by atoms with Crippen molar-refractivity contribution in [3.8, 4) is 65.4 Å². The number of hydrogen-bond acceptors (Lipinski definition) is 11. The highest BCUT2D eigenvalue weighted by molar-refractivity contribution is 8.25. The normalized spacial score (nSPS) is 13.3. The molecule has 0 spiro atoms. The molecule has 0 amide bonds. The third-order valence-electron chi connectivity index (χ3n) is 10.5. The van der Waals surface area contributed by atoms with Crippen LogP contribution in [0.2, 0.25) is 0 Å². The van der Waals surface area contributed by atoms with Crippen LogP contribution in [-0.2, 0) is 0 Å². The first kappa shape index (κ1) is 41.1. The van der Waals surface area contributed by atoms with Crippen LogP contribution in [0.4, 0.5) is 0 Å². The number of thioether (sulfide) groups is 2. The minimum atomic E-state index is 0.121. The van der Waals surface area contributed by atoms with Crippen molar-refractivity contribution < 1.29 is 9.47 Å². The average Bonchev–Trinajstić information content (AvgIpc) is 4.09. The molecule has 2 atom stereocenters. The molecule has 292 valence electrons. The molecule has 4 heterocycles. The Balaban J connectivity index is 1.19. The lowest BCUT2D eigenvalue weighted by Crippen LogP contribution is -2.11. The van der Waals surface area contributed by atoms with Crippen molar-refractivity contribution in [1.82, 2.24) is 8.75 Å².